The summed E-state index contributed by atoms with van der Waals surface area (Å²) in [7, 11) is 0. The van der Waals surface area contributed by atoms with E-state index in [0.717, 1.165) is 40.2 Å². The molecule has 0 spiro atoms. The molecule has 0 saturated carbocycles. The van der Waals surface area contributed by atoms with E-state index in [1.165, 1.54) is 17.0 Å². The molecule has 2 aliphatic carbocycles. The van der Waals surface area contributed by atoms with Crippen molar-refractivity contribution < 1.29 is 27.5 Å². The summed E-state index contributed by atoms with van der Waals surface area (Å²) in [5, 5.41) is 11.4. The summed E-state index contributed by atoms with van der Waals surface area (Å²) < 4.78 is 54.2. The van der Waals surface area contributed by atoms with E-state index in [1.807, 2.05) is 24.2 Å². The maximum atomic E-state index is 13.7. The molecule has 0 aromatic heterocycles. The van der Waals surface area contributed by atoms with Crippen LogP contribution in [-0.2, 0) is 11.3 Å². The third-order valence-corrected chi connectivity index (χ3v) is 7.06. The molecule has 5 nitrogen and oxygen atoms in total. The number of benzene rings is 2. The van der Waals surface area contributed by atoms with Crippen molar-refractivity contribution in [2.45, 2.75) is 26.3 Å². The SMILES string of the molecule is C[C@H]1C2=CNN(c3ccc(F)cc3)C2=CC2=C1[C@@H](C(=O)N(CCO)Cc1cc(F)c(F)c(F)c1)CC2. The molecule has 0 bridgehead atoms. The second-order valence-corrected chi connectivity index (χ2v) is 9.22. The van der Waals surface area contributed by atoms with Gasteiger partial charge in [0, 0.05) is 30.8 Å². The molecule has 9 heteroatoms. The van der Waals surface area contributed by atoms with Crippen molar-refractivity contribution in [3.63, 3.8) is 0 Å². The van der Waals surface area contributed by atoms with Crippen molar-refractivity contribution in [1.29, 1.82) is 0 Å². The molecule has 188 valence electrons. The summed E-state index contributed by atoms with van der Waals surface area (Å²) in [5.41, 5.74) is 8.06. The van der Waals surface area contributed by atoms with Crippen LogP contribution in [0, 0.1) is 35.1 Å². The minimum Gasteiger partial charge on any atom is -0.395 e. The van der Waals surface area contributed by atoms with Crippen LogP contribution in [0.3, 0.4) is 0 Å². The lowest BCUT2D eigenvalue weighted by Crippen LogP contribution is -2.39. The lowest BCUT2D eigenvalue weighted by atomic mass is 9.80. The molecule has 2 aromatic rings. The zero-order valence-corrected chi connectivity index (χ0v) is 19.6. The fourth-order valence-electron chi connectivity index (χ4n) is 5.38. The molecule has 2 N–H and O–H groups in total. The highest BCUT2D eigenvalue weighted by molar-refractivity contribution is 5.84. The minimum absolute atomic E-state index is 0.0172. The van der Waals surface area contributed by atoms with E-state index < -0.39 is 23.4 Å². The Balaban J connectivity index is 1.42. The van der Waals surface area contributed by atoms with Crippen molar-refractivity contribution in [2.24, 2.45) is 11.8 Å². The zero-order chi connectivity index (χ0) is 25.6. The van der Waals surface area contributed by atoms with Gasteiger partial charge in [0.1, 0.15) is 5.82 Å². The summed E-state index contributed by atoms with van der Waals surface area (Å²) in [6, 6.07) is 7.89. The Morgan fingerprint density at radius 3 is 2.50 bits per heavy atom. The number of rotatable bonds is 6. The molecule has 0 unspecified atom stereocenters. The minimum atomic E-state index is -1.56. The maximum Gasteiger partial charge on any atom is 0.230 e. The molecule has 2 atom stereocenters. The average molecular weight is 500 g/mol. The smallest absolute Gasteiger partial charge is 0.230 e. The number of halogens is 4. The molecule has 3 aliphatic rings. The van der Waals surface area contributed by atoms with Gasteiger partial charge in [-0.3, -0.25) is 9.80 Å². The van der Waals surface area contributed by atoms with Crippen molar-refractivity contribution in [2.75, 3.05) is 18.2 Å². The molecule has 0 radical (unpaired) electrons. The summed E-state index contributed by atoms with van der Waals surface area (Å²) in [6.07, 6.45) is 5.16. The Hall–Kier alpha value is -3.59. The molecular weight excluding hydrogens is 474 g/mol. The van der Waals surface area contributed by atoms with Crippen LogP contribution in [0.2, 0.25) is 0 Å². The van der Waals surface area contributed by atoms with E-state index in [2.05, 4.69) is 5.43 Å². The number of carbonyl (C=O) groups excluding carboxylic acids is 1. The van der Waals surface area contributed by atoms with E-state index in [0.29, 0.717) is 12.8 Å². The van der Waals surface area contributed by atoms with Gasteiger partial charge in [-0.05, 0) is 72.0 Å². The fourth-order valence-corrected chi connectivity index (χ4v) is 5.38. The van der Waals surface area contributed by atoms with E-state index >= 15 is 0 Å². The summed E-state index contributed by atoms with van der Waals surface area (Å²) in [6.45, 7) is 1.54. The summed E-state index contributed by atoms with van der Waals surface area (Å²) in [4.78, 5) is 15.0. The van der Waals surface area contributed by atoms with Crippen LogP contribution in [0.4, 0.5) is 23.2 Å². The first-order valence-corrected chi connectivity index (χ1v) is 11.8. The van der Waals surface area contributed by atoms with Crippen molar-refractivity contribution in [3.8, 4) is 0 Å². The highest BCUT2D eigenvalue weighted by atomic mass is 19.2. The monoisotopic (exact) mass is 499 g/mol. The van der Waals surface area contributed by atoms with E-state index in [9.17, 15) is 27.5 Å². The largest absolute Gasteiger partial charge is 0.395 e. The first-order chi connectivity index (χ1) is 17.3. The standard InChI is InChI=1S/C27H25F4N3O2/c1-15-21-13-32-34(19-5-3-18(28)4-6-19)24(21)12-17-2-7-20(25(15)17)27(36)33(8-9-35)14-16-10-22(29)26(31)23(30)11-16/h3-6,10-13,15,20,32,35H,2,7-9,14H2,1H3/t15-,20-/m0/s1. The molecule has 1 aliphatic heterocycles. The number of anilines is 1. The van der Waals surface area contributed by atoms with Crippen LogP contribution in [0.25, 0.3) is 0 Å². The number of hydrogen-bond donors (Lipinski definition) is 2. The van der Waals surface area contributed by atoms with Crippen LogP contribution >= 0.6 is 0 Å². The van der Waals surface area contributed by atoms with Gasteiger partial charge in [-0.1, -0.05) is 6.92 Å². The predicted molar refractivity (Wildman–Crippen MR) is 126 cm³/mol. The Labute approximate surface area is 206 Å². The number of hydrazine groups is 1. The highest BCUT2D eigenvalue weighted by Crippen LogP contribution is 2.48. The van der Waals surface area contributed by atoms with Gasteiger partial charge in [0.2, 0.25) is 5.91 Å². The maximum absolute atomic E-state index is 13.7. The fraction of sp³-hybridized carbons (Fsp3) is 0.296. The Kier molecular flexibility index (Phi) is 6.34. The average Bonchev–Trinajstić information content (AvgIpc) is 3.47. The Morgan fingerprint density at radius 2 is 1.83 bits per heavy atom. The first kappa shape index (κ1) is 24.1. The number of fused-ring (bicyclic) bond motifs is 1. The molecule has 1 amide bonds. The molecule has 0 saturated heterocycles. The van der Waals surface area contributed by atoms with Gasteiger partial charge in [-0.25, -0.2) is 17.6 Å². The van der Waals surface area contributed by atoms with Crippen LogP contribution in [0.15, 0.2) is 71.1 Å². The Bertz CT molecular complexity index is 1280. The van der Waals surface area contributed by atoms with Gasteiger partial charge in [0.15, 0.2) is 17.5 Å². The van der Waals surface area contributed by atoms with Crippen LogP contribution in [0.5, 0.6) is 0 Å². The van der Waals surface area contributed by atoms with Gasteiger partial charge in [-0.2, -0.15) is 0 Å². The van der Waals surface area contributed by atoms with Gasteiger partial charge < -0.3 is 15.4 Å². The van der Waals surface area contributed by atoms with E-state index in [-0.39, 0.29) is 42.9 Å². The quantitative estimate of drug-likeness (QED) is 0.447. The van der Waals surface area contributed by atoms with Crippen LogP contribution in [-0.4, -0.2) is 29.1 Å². The Morgan fingerprint density at radius 1 is 1.14 bits per heavy atom. The lowest BCUT2D eigenvalue weighted by Gasteiger charge is -2.32. The number of aliphatic hydroxyl groups excluding tert-OH is 1. The third kappa shape index (κ3) is 4.17. The van der Waals surface area contributed by atoms with Gasteiger partial charge in [0.05, 0.1) is 23.9 Å². The highest BCUT2D eigenvalue weighted by Gasteiger charge is 2.41. The van der Waals surface area contributed by atoms with Crippen molar-refractivity contribution in [3.05, 3.63) is 99.9 Å². The zero-order valence-electron chi connectivity index (χ0n) is 19.6. The van der Waals surface area contributed by atoms with E-state index in [4.69, 9.17) is 0 Å². The number of nitrogens with zero attached hydrogens (tertiary/aromatic N) is 2. The predicted octanol–water partition coefficient (Wildman–Crippen LogP) is 4.71. The van der Waals surface area contributed by atoms with Gasteiger partial charge in [0.25, 0.3) is 0 Å². The number of carbonyl (C=O) groups is 1. The number of nitrogens with one attached hydrogen (secondary N) is 1. The normalized spacial score (nSPS) is 20.6. The van der Waals surface area contributed by atoms with Crippen LogP contribution in [0.1, 0.15) is 25.3 Å². The molecule has 36 heavy (non-hydrogen) atoms. The van der Waals surface area contributed by atoms with Crippen LogP contribution < -0.4 is 10.4 Å². The molecular formula is C27H25F4N3O2. The summed E-state index contributed by atoms with van der Waals surface area (Å²) >= 11 is 0. The van der Waals surface area contributed by atoms with E-state index in [1.54, 1.807) is 12.1 Å². The van der Waals surface area contributed by atoms with Crippen molar-refractivity contribution in [1.82, 2.24) is 10.3 Å². The number of amides is 1. The third-order valence-electron chi connectivity index (χ3n) is 7.06. The van der Waals surface area contributed by atoms with Crippen molar-refractivity contribution >= 4 is 11.6 Å². The molecule has 1 heterocycles. The number of allylic oxidation sites excluding steroid dienone is 3. The molecule has 0 fully saturated rings. The molecule has 5 rings (SSSR count). The second kappa shape index (κ2) is 9.46. The number of hydrogen-bond acceptors (Lipinski definition) is 4. The topological polar surface area (TPSA) is 55.8 Å². The molecule has 2 aromatic carbocycles. The van der Waals surface area contributed by atoms with Gasteiger partial charge >= 0.3 is 0 Å². The van der Waals surface area contributed by atoms with Gasteiger partial charge in [-0.15, -0.1) is 0 Å². The summed E-state index contributed by atoms with van der Waals surface area (Å²) in [5.74, 6) is -5.30. The first-order valence-electron chi connectivity index (χ1n) is 11.8. The lowest BCUT2D eigenvalue weighted by molar-refractivity contribution is -0.135. The number of aliphatic hydroxyl groups is 1. The second-order valence-electron chi connectivity index (χ2n) is 9.22.